The van der Waals surface area contributed by atoms with Crippen LogP contribution in [0.2, 0.25) is 5.02 Å². The first kappa shape index (κ1) is 14.2. The molecule has 0 aliphatic carbocycles. The number of anilines is 1. The number of rotatable bonds is 4. The van der Waals surface area contributed by atoms with Gasteiger partial charge >= 0.3 is 0 Å². The molecule has 0 bridgehead atoms. The van der Waals surface area contributed by atoms with E-state index in [0.29, 0.717) is 6.42 Å². The number of halogens is 2. The maximum atomic E-state index is 13.6. The van der Waals surface area contributed by atoms with Gasteiger partial charge in [0, 0.05) is 0 Å². The molecule has 1 unspecified atom stereocenters. The van der Waals surface area contributed by atoms with Gasteiger partial charge in [-0.1, -0.05) is 29.7 Å². The number of oxime groups is 1. The molecule has 0 heterocycles. The molecule has 1 aromatic rings. The molecule has 4 N–H and O–H groups in total. The van der Waals surface area contributed by atoms with Gasteiger partial charge in [-0.3, -0.25) is 4.79 Å². The molecule has 1 aromatic carbocycles. The molecular formula is C11H13ClFN3O2. The summed E-state index contributed by atoms with van der Waals surface area (Å²) in [6, 6.07) is 4.25. The van der Waals surface area contributed by atoms with E-state index in [1.807, 2.05) is 0 Å². The Morgan fingerprint density at radius 3 is 2.89 bits per heavy atom. The van der Waals surface area contributed by atoms with Gasteiger partial charge in [0.2, 0.25) is 5.91 Å². The highest BCUT2D eigenvalue weighted by Gasteiger charge is 2.22. The average Bonchev–Trinajstić information content (AvgIpc) is 2.35. The molecule has 18 heavy (non-hydrogen) atoms. The van der Waals surface area contributed by atoms with E-state index in [2.05, 4.69) is 10.5 Å². The van der Waals surface area contributed by atoms with E-state index in [9.17, 15) is 9.18 Å². The third-order valence-electron chi connectivity index (χ3n) is 2.41. The summed E-state index contributed by atoms with van der Waals surface area (Å²) in [5, 5.41) is 13.6. The smallest absolute Gasteiger partial charge is 0.235 e. The van der Waals surface area contributed by atoms with Crippen LogP contribution in [0.3, 0.4) is 0 Å². The number of nitrogens with one attached hydrogen (secondary N) is 1. The van der Waals surface area contributed by atoms with E-state index in [0.717, 1.165) is 0 Å². The Labute approximate surface area is 108 Å². The molecule has 0 saturated heterocycles. The molecule has 7 heteroatoms. The van der Waals surface area contributed by atoms with E-state index in [1.165, 1.54) is 18.2 Å². The Balaban J connectivity index is 2.90. The van der Waals surface area contributed by atoms with Crippen LogP contribution >= 0.6 is 11.6 Å². The normalized spacial score (nSPS) is 13.2. The molecule has 1 rings (SSSR count). The molecule has 1 atom stereocenters. The van der Waals surface area contributed by atoms with E-state index in [1.54, 1.807) is 6.92 Å². The van der Waals surface area contributed by atoms with Crippen LogP contribution in [-0.2, 0) is 4.79 Å². The molecule has 5 nitrogen and oxygen atoms in total. The Morgan fingerprint density at radius 1 is 1.67 bits per heavy atom. The summed E-state index contributed by atoms with van der Waals surface area (Å²) in [7, 11) is 0. The fraction of sp³-hybridized carbons (Fsp3) is 0.273. The summed E-state index contributed by atoms with van der Waals surface area (Å²) in [5.41, 5.74) is 5.32. The molecule has 0 aliphatic heterocycles. The van der Waals surface area contributed by atoms with Crippen molar-refractivity contribution < 1.29 is 14.4 Å². The van der Waals surface area contributed by atoms with Crippen molar-refractivity contribution in [2.24, 2.45) is 16.8 Å². The molecule has 0 saturated carbocycles. The number of amidine groups is 1. The van der Waals surface area contributed by atoms with E-state index in [4.69, 9.17) is 22.5 Å². The van der Waals surface area contributed by atoms with Gasteiger partial charge in [-0.15, -0.1) is 0 Å². The van der Waals surface area contributed by atoms with Crippen molar-refractivity contribution in [1.82, 2.24) is 0 Å². The number of carbonyl (C=O) groups excluding carboxylic acids is 1. The van der Waals surface area contributed by atoms with Crippen LogP contribution in [0.4, 0.5) is 10.1 Å². The predicted octanol–water partition coefficient (Wildman–Crippen LogP) is 2.19. The zero-order valence-corrected chi connectivity index (χ0v) is 10.4. The van der Waals surface area contributed by atoms with Crippen molar-refractivity contribution >= 4 is 29.0 Å². The van der Waals surface area contributed by atoms with E-state index >= 15 is 0 Å². The van der Waals surface area contributed by atoms with Gasteiger partial charge in [-0.05, 0) is 18.6 Å². The molecule has 0 fully saturated rings. The van der Waals surface area contributed by atoms with Gasteiger partial charge in [0.05, 0.1) is 16.6 Å². The topological polar surface area (TPSA) is 87.7 Å². The van der Waals surface area contributed by atoms with Crippen molar-refractivity contribution in [2.45, 2.75) is 13.3 Å². The van der Waals surface area contributed by atoms with E-state index in [-0.39, 0.29) is 16.5 Å². The largest absolute Gasteiger partial charge is 0.409 e. The minimum atomic E-state index is -0.826. The summed E-state index contributed by atoms with van der Waals surface area (Å²) >= 11 is 5.59. The van der Waals surface area contributed by atoms with Crippen LogP contribution in [0.5, 0.6) is 0 Å². The quantitative estimate of drug-likeness (QED) is 0.340. The molecule has 0 spiro atoms. The Bertz CT molecular complexity index is 479. The maximum Gasteiger partial charge on any atom is 0.235 e. The van der Waals surface area contributed by atoms with Crippen LogP contribution in [0.15, 0.2) is 23.4 Å². The van der Waals surface area contributed by atoms with Crippen molar-refractivity contribution in [3.05, 3.63) is 29.0 Å². The predicted molar refractivity (Wildman–Crippen MR) is 67.2 cm³/mol. The standard InChI is InChI=1S/C11H13ClFN3O2/c1-2-6(10(14)16-18)11(17)15-8-5-3-4-7(12)9(8)13/h3-6,18H,2H2,1H3,(H2,14,16)(H,15,17). The zero-order chi connectivity index (χ0) is 13.7. The first-order chi connectivity index (χ1) is 8.51. The second kappa shape index (κ2) is 6.20. The number of hydrogen-bond acceptors (Lipinski definition) is 3. The number of nitrogens with two attached hydrogens (primary N) is 1. The van der Waals surface area contributed by atoms with Crippen LogP contribution in [0.1, 0.15) is 13.3 Å². The number of hydrogen-bond donors (Lipinski definition) is 3. The molecule has 0 aliphatic rings. The van der Waals surface area contributed by atoms with Crippen molar-refractivity contribution in [1.29, 1.82) is 0 Å². The maximum absolute atomic E-state index is 13.6. The second-order valence-corrected chi connectivity index (χ2v) is 3.98. The summed E-state index contributed by atoms with van der Waals surface area (Å²) in [6.07, 6.45) is 0.323. The number of nitrogens with zero attached hydrogens (tertiary/aromatic N) is 1. The average molecular weight is 274 g/mol. The Morgan fingerprint density at radius 2 is 2.33 bits per heavy atom. The minimum absolute atomic E-state index is 0.0447. The van der Waals surface area contributed by atoms with Crippen molar-refractivity contribution in [2.75, 3.05) is 5.32 Å². The summed E-state index contributed by atoms with van der Waals surface area (Å²) in [5.74, 6) is -2.33. The molecule has 1 amide bonds. The lowest BCUT2D eigenvalue weighted by Crippen LogP contribution is -2.34. The lowest BCUT2D eigenvalue weighted by molar-refractivity contribution is -0.118. The van der Waals surface area contributed by atoms with Crippen molar-refractivity contribution in [3.63, 3.8) is 0 Å². The second-order valence-electron chi connectivity index (χ2n) is 3.58. The van der Waals surface area contributed by atoms with Gasteiger partial charge in [0.15, 0.2) is 11.7 Å². The van der Waals surface area contributed by atoms with E-state index < -0.39 is 17.6 Å². The molecule has 0 aromatic heterocycles. The third-order valence-corrected chi connectivity index (χ3v) is 2.70. The fourth-order valence-corrected chi connectivity index (χ4v) is 1.59. The first-order valence-electron chi connectivity index (χ1n) is 5.23. The Hall–Kier alpha value is -1.82. The minimum Gasteiger partial charge on any atom is -0.409 e. The number of benzene rings is 1. The highest BCUT2D eigenvalue weighted by molar-refractivity contribution is 6.31. The number of carbonyl (C=O) groups is 1. The summed E-state index contributed by atoms with van der Waals surface area (Å²) in [6.45, 7) is 1.69. The Kier molecular flexibility index (Phi) is 4.91. The molecule has 0 radical (unpaired) electrons. The third kappa shape index (κ3) is 3.10. The SMILES string of the molecule is CCC(C(=O)Nc1cccc(Cl)c1F)C(N)=NO. The van der Waals surface area contributed by atoms with Gasteiger partial charge in [0.1, 0.15) is 0 Å². The molecular weight excluding hydrogens is 261 g/mol. The number of amides is 1. The van der Waals surface area contributed by atoms with Crippen LogP contribution in [0.25, 0.3) is 0 Å². The molecule has 98 valence electrons. The van der Waals surface area contributed by atoms with Gasteiger partial charge in [-0.2, -0.15) is 0 Å². The van der Waals surface area contributed by atoms with Crippen LogP contribution in [0, 0.1) is 11.7 Å². The van der Waals surface area contributed by atoms with Crippen LogP contribution in [-0.4, -0.2) is 17.0 Å². The van der Waals surface area contributed by atoms with Crippen LogP contribution < -0.4 is 11.1 Å². The zero-order valence-electron chi connectivity index (χ0n) is 9.65. The first-order valence-corrected chi connectivity index (χ1v) is 5.61. The highest BCUT2D eigenvalue weighted by Crippen LogP contribution is 2.22. The highest BCUT2D eigenvalue weighted by atomic mass is 35.5. The van der Waals surface area contributed by atoms with Crippen molar-refractivity contribution in [3.8, 4) is 0 Å². The lowest BCUT2D eigenvalue weighted by Gasteiger charge is -2.14. The van der Waals surface area contributed by atoms with Gasteiger partial charge in [-0.25, -0.2) is 4.39 Å². The van der Waals surface area contributed by atoms with Gasteiger partial charge < -0.3 is 16.3 Å². The summed E-state index contributed by atoms with van der Waals surface area (Å²) in [4.78, 5) is 11.8. The van der Waals surface area contributed by atoms with Gasteiger partial charge in [0.25, 0.3) is 0 Å². The fourth-order valence-electron chi connectivity index (χ4n) is 1.42. The monoisotopic (exact) mass is 273 g/mol. The summed E-state index contributed by atoms with van der Waals surface area (Å²) < 4.78 is 13.6. The lowest BCUT2D eigenvalue weighted by atomic mass is 10.0.